The lowest BCUT2D eigenvalue weighted by Crippen LogP contribution is -2.61. The fourth-order valence-electron chi connectivity index (χ4n) is 4.61. The number of fused-ring (bicyclic) bond motifs is 1. The Morgan fingerprint density at radius 3 is 2.91 bits per heavy atom. The summed E-state index contributed by atoms with van der Waals surface area (Å²) in [6.07, 6.45) is 6.82. The molecule has 10 nitrogen and oxygen atoms in total. The molecule has 0 radical (unpaired) electrons. The summed E-state index contributed by atoms with van der Waals surface area (Å²) in [6, 6.07) is 8.39. The van der Waals surface area contributed by atoms with Crippen molar-refractivity contribution in [2.75, 3.05) is 32.1 Å². The third-order valence-electron chi connectivity index (χ3n) is 6.49. The number of terminal acetylenes is 1. The van der Waals surface area contributed by atoms with E-state index < -0.39 is 16.1 Å². The molecule has 1 aromatic heterocycles. The molecule has 2 amide bonds. The normalized spacial score (nSPS) is 20.7. The number of rotatable bonds is 4. The van der Waals surface area contributed by atoms with Gasteiger partial charge in [-0.1, -0.05) is 17.7 Å². The lowest BCUT2D eigenvalue weighted by atomic mass is 10.1. The van der Waals surface area contributed by atoms with Gasteiger partial charge in [0, 0.05) is 67.2 Å². The van der Waals surface area contributed by atoms with Gasteiger partial charge in [0.1, 0.15) is 10.1 Å². The predicted molar refractivity (Wildman–Crippen MR) is 133 cm³/mol. The molecule has 1 aromatic carbocycles. The number of piperazine rings is 1. The van der Waals surface area contributed by atoms with E-state index in [0.29, 0.717) is 24.0 Å². The number of hydrazine groups is 1. The second-order valence-electron chi connectivity index (χ2n) is 8.56. The number of hydrogen-bond acceptors (Lipinski definition) is 7. The first-order valence-electron chi connectivity index (χ1n) is 11.3. The summed E-state index contributed by atoms with van der Waals surface area (Å²) in [5.74, 6) is 3.33. The van der Waals surface area contributed by atoms with Crippen LogP contribution in [0.5, 0.6) is 0 Å². The van der Waals surface area contributed by atoms with Crippen LogP contribution in [0.3, 0.4) is 0 Å². The van der Waals surface area contributed by atoms with Crippen LogP contribution in [-0.2, 0) is 10.0 Å². The Morgan fingerprint density at radius 2 is 2.11 bits per heavy atom. The van der Waals surface area contributed by atoms with Gasteiger partial charge >= 0.3 is 6.03 Å². The summed E-state index contributed by atoms with van der Waals surface area (Å²) in [5.41, 5.74) is 5.65. The highest BCUT2D eigenvalue weighted by atomic mass is 32.2. The number of nitriles is 1. The summed E-state index contributed by atoms with van der Waals surface area (Å²) in [7, 11) is -3.83. The molecule has 1 fully saturated rings. The molecule has 3 N–H and O–H groups in total. The Labute approximate surface area is 208 Å². The van der Waals surface area contributed by atoms with Crippen LogP contribution in [0, 0.1) is 23.7 Å². The van der Waals surface area contributed by atoms with E-state index in [4.69, 9.17) is 11.7 Å². The molecule has 12 heteroatoms. The molecule has 1 saturated heterocycles. The van der Waals surface area contributed by atoms with E-state index in [2.05, 4.69) is 27.7 Å². The molecule has 0 bridgehead atoms. The van der Waals surface area contributed by atoms with Crippen LogP contribution in [0.4, 0.5) is 4.79 Å². The van der Waals surface area contributed by atoms with Gasteiger partial charge in [-0.3, -0.25) is 5.43 Å². The minimum absolute atomic E-state index is 0.0865. The number of nitrogens with one attached hydrogen (secondary N) is 3. The highest BCUT2D eigenvalue weighted by Crippen LogP contribution is 2.29. The Balaban J connectivity index is 1.35. The monoisotopic (exact) mass is 511 g/mol. The number of urea groups is 1. The van der Waals surface area contributed by atoms with Crippen LogP contribution in [0.2, 0.25) is 0 Å². The van der Waals surface area contributed by atoms with E-state index in [9.17, 15) is 13.2 Å². The molecule has 35 heavy (non-hydrogen) atoms. The van der Waals surface area contributed by atoms with Gasteiger partial charge in [0.25, 0.3) is 10.0 Å². The average molecular weight is 512 g/mol. The Hall–Kier alpha value is -3.32. The maximum Gasteiger partial charge on any atom is 0.339 e. The van der Waals surface area contributed by atoms with E-state index in [1.165, 1.54) is 4.31 Å². The summed E-state index contributed by atoms with van der Waals surface area (Å²) < 4.78 is 28.4. The van der Waals surface area contributed by atoms with Gasteiger partial charge in [-0.15, -0.1) is 6.42 Å². The summed E-state index contributed by atoms with van der Waals surface area (Å²) in [6.45, 7) is 1.05. The Morgan fingerprint density at radius 1 is 1.26 bits per heavy atom. The molecule has 1 atom stereocenters. The smallest absolute Gasteiger partial charge is 0.339 e. The summed E-state index contributed by atoms with van der Waals surface area (Å²) in [4.78, 5) is 18.1. The van der Waals surface area contributed by atoms with Crippen LogP contribution in [-0.4, -0.2) is 71.7 Å². The number of benzene rings is 1. The van der Waals surface area contributed by atoms with Crippen molar-refractivity contribution in [3.05, 3.63) is 40.6 Å². The van der Waals surface area contributed by atoms with Crippen molar-refractivity contribution in [3.8, 4) is 18.4 Å². The molecule has 0 aliphatic carbocycles. The van der Waals surface area contributed by atoms with E-state index in [0.717, 1.165) is 28.4 Å². The SMILES string of the molecule is C#Cc1ccc2[nH]c(S(=O)(=O)N3CCN(C(=O)N4CCC5=C(N4)SCN5)C(CCC#N)C3)cc2c1. The fraction of sp³-hybridized carbons (Fsp3) is 0.391. The lowest BCUT2D eigenvalue weighted by molar-refractivity contribution is 0.0868. The van der Waals surface area contributed by atoms with Gasteiger partial charge in [-0.2, -0.15) is 9.57 Å². The molecule has 2 aromatic rings. The van der Waals surface area contributed by atoms with Gasteiger partial charge in [0.2, 0.25) is 0 Å². The van der Waals surface area contributed by atoms with Crippen LogP contribution in [0.25, 0.3) is 10.9 Å². The van der Waals surface area contributed by atoms with E-state index >= 15 is 0 Å². The molecular formula is C23H25N7O3S2. The van der Waals surface area contributed by atoms with Crippen LogP contribution in [0.1, 0.15) is 24.8 Å². The number of sulfonamides is 1. The third-order valence-corrected chi connectivity index (χ3v) is 9.19. The largest absolute Gasteiger partial charge is 0.377 e. The lowest BCUT2D eigenvalue weighted by Gasteiger charge is -2.43. The Kier molecular flexibility index (Phi) is 6.28. The first-order chi connectivity index (χ1) is 16.9. The van der Waals surface area contributed by atoms with Crippen LogP contribution >= 0.6 is 11.8 Å². The first kappa shape index (κ1) is 23.4. The fourth-order valence-corrected chi connectivity index (χ4v) is 7.01. The molecule has 182 valence electrons. The number of thioether (sulfide) groups is 1. The molecule has 1 unspecified atom stereocenters. The minimum Gasteiger partial charge on any atom is -0.377 e. The number of aromatic amines is 1. The van der Waals surface area contributed by atoms with E-state index in [1.54, 1.807) is 45.9 Å². The number of nitrogens with zero attached hydrogens (tertiary/aromatic N) is 4. The Bertz CT molecular complexity index is 1390. The van der Waals surface area contributed by atoms with Gasteiger partial charge in [0.05, 0.1) is 11.9 Å². The molecule has 5 rings (SSSR count). The zero-order valence-electron chi connectivity index (χ0n) is 19.0. The number of carbonyl (C=O) groups excluding carboxylic acids is 1. The zero-order valence-corrected chi connectivity index (χ0v) is 20.6. The van der Waals surface area contributed by atoms with Gasteiger partial charge in [-0.25, -0.2) is 18.2 Å². The van der Waals surface area contributed by atoms with E-state index in [-0.39, 0.29) is 37.1 Å². The third kappa shape index (κ3) is 4.41. The molecule has 4 heterocycles. The molecule has 3 aliphatic rings. The molecule has 0 saturated carbocycles. The van der Waals surface area contributed by atoms with Crippen molar-refractivity contribution >= 4 is 38.7 Å². The second-order valence-corrected chi connectivity index (χ2v) is 11.4. The molecule has 0 spiro atoms. The molecular weight excluding hydrogens is 486 g/mol. The maximum absolute atomic E-state index is 13.5. The topological polar surface area (TPSA) is 125 Å². The predicted octanol–water partition coefficient (Wildman–Crippen LogP) is 1.92. The van der Waals surface area contributed by atoms with Crippen molar-refractivity contribution < 1.29 is 13.2 Å². The highest BCUT2D eigenvalue weighted by Gasteiger charge is 2.39. The van der Waals surface area contributed by atoms with Crippen molar-refractivity contribution in [2.24, 2.45) is 0 Å². The standard InChI is InChI=1S/C23H25N7O3S2/c1-2-16-5-6-19-17(12-16)13-21(26-19)35(32,33)28-10-11-29(18(14-28)4-3-8-24)23(31)30-9-7-20-22(27-30)34-15-25-20/h1,5-6,12-13,18,25-27H,3-4,7,9-11,14-15H2. The van der Waals surface area contributed by atoms with Crippen molar-refractivity contribution in [1.29, 1.82) is 5.26 Å². The van der Waals surface area contributed by atoms with Gasteiger partial charge < -0.3 is 15.2 Å². The maximum atomic E-state index is 13.5. The summed E-state index contributed by atoms with van der Waals surface area (Å²) in [5, 5.41) is 15.8. The number of carbonyl (C=O) groups is 1. The van der Waals surface area contributed by atoms with E-state index in [1.807, 2.05) is 0 Å². The number of amides is 2. The summed E-state index contributed by atoms with van der Waals surface area (Å²) >= 11 is 1.61. The molecule has 3 aliphatic heterocycles. The van der Waals surface area contributed by atoms with Crippen molar-refractivity contribution in [3.63, 3.8) is 0 Å². The van der Waals surface area contributed by atoms with Crippen LogP contribution < -0.4 is 10.7 Å². The minimum atomic E-state index is -3.83. The number of hydrogen-bond donors (Lipinski definition) is 3. The highest BCUT2D eigenvalue weighted by molar-refractivity contribution is 8.03. The number of aromatic nitrogens is 1. The number of H-pyrrole nitrogens is 1. The van der Waals surface area contributed by atoms with Crippen LogP contribution in [0.15, 0.2) is 40.0 Å². The van der Waals surface area contributed by atoms with Crippen molar-refractivity contribution in [1.82, 2.24) is 29.9 Å². The van der Waals surface area contributed by atoms with Crippen molar-refractivity contribution in [2.45, 2.75) is 30.3 Å². The second kappa shape index (κ2) is 9.38. The zero-order chi connectivity index (χ0) is 24.6. The first-order valence-corrected chi connectivity index (χ1v) is 13.7. The van der Waals surface area contributed by atoms with Gasteiger partial charge in [0.15, 0.2) is 0 Å². The quantitative estimate of drug-likeness (QED) is 0.536. The average Bonchev–Trinajstić information content (AvgIpc) is 3.53. The van der Waals surface area contributed by atoms with Gasteiger partial charge in [-0.05, 0) is 30.7 Å².